The Balaban J connectivity index is 1.16. The number of ether oxygens (including phenoxy) is 3. The number of hydrogen-bond acceptors (Lipinski definition) is 8. The summed E-state index contributed by atoms with van der Waals surface area (Å²) in [5.41, 5.74) is 1.87. The molecular weight excluding hydrogens is 416 g/mol. The van der Waals surface area contributed by atoms with Gasteiger partial charge in [-0.2, -0.15) is 0 Å². The number of nitrogens with one attached hydrogen (secondary N) is 2. The SMILES string of the molecule is O=C(NCc1ccccc1)O[C@@H]1CO[C@H]2[C@@H]1OC[C@@H]2Nc1nccc(-c2cccs2)n1. The van der Waals surface area contributed by atoms with Crippen molar-refractivity contribution in [3.8, 4) is 10.6 Å². The van der Waals surface area contributed by atoms with E-state index < -0.39 is 12.2 Å². The summed E-state index contributed by atoms with van der Waals surface area (Å²) in [6.07, 6.45) is 0.244. The number of thiophene rings is 1. The lowest BCUT2D eigenvalue weighted by atomic mass is 10.1. The van der Waals surface area contributed by atoms with Gasteiger partial charge in [-0.15, -0.1) is 11.3 Å². The Labute approximate surface area is 183 Å². The lowest BCUT2D eigenvalue weighted by Gasteiger charge is -2.18. The van der Waals surface area contributed by atoms with Crippen molar-refractivity contribution in [2.45, 2.75) is 30.9 Å². The van der Waals surface area contributed by atoms with Gasteiger partial charge in [-0.1, -0.05) is 36.4 Å². The van der Waals surface area contributed by atoms with Crippen molar-refractivity contribution in [3.63, 3.8) is 0 Å². The molecule has 0 spiro atoms. The van der Waals surface area contributed by atoms with E-state index in [4.69, 9.17) is 14.2 Å². The molecule has 2 aromatic heterocycles. The first kappa shape index (κ1) is 19.9. The van der Waals surface area contributed by atoms with Crippen LogP contribution in [0.3, 0.4) is 0 Å². The number of carbonyl (C=O) groups is 1. The minimum atomic E-state index is -0.481. The van der Waals surface area contributed by atoms with Crippen LogP contribution in [-0.4, -0.2) is 53.6 Å². The molecular formula is C22H22N4O4S. The molecule has 4 atom stereocenters. The van der Waals surface area contributed by atoms with E-state index in [0.717, 1.165) is 16.1 Å². The highest BCUT2D eigenvalue weighted by Crippen LogP contribution is 2.31. The van der Waals surface area contributed by atoms with E-state index in [0.29, 0.717) is 25.7 Å². The van der Waals surface area contributed by atoms with Gasteiger partial charge in [0.2, 0.25) is 5.95 Å². The molecule has 2 N–H and O–H groups in total. The van der Waals surface area contributed by atoms with Crippen LogP contribution in [0.1, 0.15) is 5.56 Å². The molecule has 0 unspecified atom stereocenters. The zero-order valence-electron chi connectivity index (χ0n) is 16.6. The maximum absolute atomic E-state index is 12.2. The van der Waals surface area contributed by atoms with Crippen LogP contribution in [0.15, 0.2) is 60.1 Å². The number of benzene rings is 1. The fourth-order valence-electron chi connectivity index (χ4n) is 3.79. The molecule has 0 saturated carbocycles. The van der Waals surface area contributed by atoms with Gasteiger partial charge < -0.3 is 24.8 Å². The lowest BCUT2D eigenvalue weighted by molar-refractivity contribution is 0.00431. The summed E-state index contributed by atoms with van der Waals surface area (Å²) in [4.78, 5) is 22.2. The number of carbonyl (C=O) groups excluding carboxylic acids is 1. The monoisotopic (exact) mass is 438 g/mol. The van der Waals surface area contributed by atoms with E-state index >= 15 is 0 Å². The van der Waals surface area contributed by atoms with Crippen LogP contribution in [0.2, 0.25) is 0 Å². The zero-order valence-corrected chi connectivity index (χ0v) is 17.5. The van der Waals surface area contributed by atoms with Gasteiger partial charge in [0.05, 0.1) is 29.8 Å². The second kappa shape index (κ2) is 9.01. The number of fused-ring (bicyclic) bond motifs is 1. The van der Waals surface area contributed by atoms with Gasteiger partial charge in [0.25, 0.3) is 0 Å². The molecule has 0 aliphatic carbocycles. The molecule has 5 rings (SSSR count). The van der Waals surface area contributed by atoms with Gasteiger partial charge in [0.1, 0.15) is 12.2 Å². The van der Waals surface area contributed by atoms with Crippen LogP contribution in [-0.2, 0) is 20.8 Å². The minimum absolute atomic E-state index is 0.121. The number of hydrogen-bond donors (Lipinski definition) is 2. The molecule has 2 fully saturated rings. The summed E-state index contributed by atoms with van der Waals surface area (Å²) in [5.74, 6) is 0.522. The molecule has 160 valence electrons. The van der Waals surface area contributed by atoms with Gasteiger partial charge in [-0.25, -0.2) is 14.8 Å². The first-order valence-electron chi connectivity index (χ1n) is 10.1. The van der Waals surface area contributed by atoms with Crippen molar-refractivity contribution in [3.05, 3.63) is 65.7 Å². The summed E-state index contributed by atoms with van der Waals surface area (Å²) in [7, 11) is 0. The molecule has 9 heteroatoms. The van der Waals surface area contributed by atoms with Crippen molar-refractivity contribution >= 4 is 23.4 Å². The van der Waals surface area contributed by atoms with Gasteiger partial charge in [0, 0.05) is 12.7 Å². The van der Waals surface area contributed by atoms with Crippen molar-refractivity contribution in [1.29, 1.82) is 0 Å². The number of amides is 1. The Morgan fingerprint density at radius 3 is 2.81 bits per heavy atom. The van der Waals surface area contributed by atoms with Crippen LogP contribution in [0, 0.1) is 0 Å². The molecule has 2 aliphatic heterocycles. The average molecular weight is 439 g/mol. The molecule has 2 saturated heterocycles. The first-order chi connectivity index (χ1) is 15.3. The van der Waals surface area contributed by atoms with E-state index in [9.17, 15) is 4.79 Å². The van der Waals surface area contributed by atoms with Crippen molar-refractivity contribution in [2.75, 3.05) is 18.5 Å². The molecule has 8 nitrogen and oxygen atoms in total. The van der Waals surface area contributed by atoms with Gasteiger partial charge in [0.15, 0.2) is 6.10 Å². The Bertz CT molecular complexity index is 1020. The summed E-state index contributed by atoms with van der Waals surface area (Å²) in [5, 5.41) is 8.10. The van der Waals surface area contributed by atoms with Gasteiger partial charge in [-0.05, 0) is 23.1 Å². The molecule has 1 amide bonds. The molecule has 1 aromatic carbocycles. The third-order valence-electron chi connectivity index (χ3n) is 5.29. The minimum Gasteiger partial charge on any atom is -0.441 e. The number of nitrogens with zero attached hydrogens (tertiary/aromatic N) is 2. The maximum Gasteiger partial charge on any atom is 0.407 e. The highest BCUT2D eigenvalue weighted by Gasteiger charge is 2.49. The van der Waals surface area contributed by atoms with Crippen LogP contribution < -0.4 is 10.6 Å². The Kier molecular flexibility index (Phi) is 5.79. The normalized spacial score (nSPS) is 24.5. The van der Waals surface area contributed by atoms with Gasteiger partial charge in [-0.3, -0.25) is 0 Å². The van der Waals surface area contributed by atoms with Gasteiger partial charge >= 0.3 is 6.09 Å². The number of aromatic nitrogens is 2. The summed E-state index contributed by atoms with van der Waals surface area (Å²) >= 11 is 1.63. The first-order valence-corrected chi connectivity index (χ1v) is 11.0. The number of rotatable bonds is 6. The number of anilines is 1. The third-order valence-corrected chi connectivity index (χ3v) is 6.18. The topological polar surface area (TPSA) is 94.6 Å². The fraction of sp³-hybridized carbons (Fsp3) is 0.318. The second-order valence-electron chi connectivity index (χ2n) is 7.37. The predicted octanol–water partition coefficient (Wildman–Crippen LogP) is 3.08. The Morgan fingerprint density at radius 1 is 1.10 bits per heavy atom. The summed E-state index contributed by atoms with van der Waals surface area (Å²) in [6, 6.07) is 15.5. The average Bonchev–Trinajstić information content (AvgIpc) is 3.54. The molecule has 4 heterocycles. The molecule has 3 aromatic rings. The summed E-state index contributed by atoms with van der Waals surface area (Å²) in [6.45, 7) is 1.13. The van der Waals surface area contributed by atoms with E-state index in [1.807, 2.05) is 53.9 Å². The second-order valence-corrected chi connectivity index (χ2v) is 8.32. The standard InChI is InChI=1S/C22H22N4O4S/c27-22(24-11-14-5-2-1-3-6-14)30-17-13-29-19-16(12-28-20(17)19)26-21-23-9-8-15(25-21)18-7-4-10-31-18/h1-10,16-17,19-20H,11-13H2,(H,24,27)(H,23,25,26)/t16-,17+,19+,20+/m0/s1. The van der Waals surface area contributed by atoms with Crippen molar-refractivity contribution in [2.24, 2.45) is 0 Å². The third kappa shape index (κ3) is 4.53. The van der Waals surface area contributed by atoms with Crippen LogP contribution >= 0.6 is 11.3 Å². The quantitative estimate of drug-likeness (QED) is 0.611. The van der Waals surface area contributed by atoms with Crippen molar-refractivity contribution < 1.29 is 19.0 Å². The number of alkyl carbamates (subject to hydrolysis) is 1. The predicted molar refractivity (Wildman–Crippen MR) is 116 cm³/mol. The van der Waals surface area contributed by atoms with E-state index in [1.54, 1.807) is 17.5 Å². The van der Waals surface area contributed by atoms with Crippen LogP contribution in [0.4, 0.5) is 10.7 Å². The van der Waals surface area contributed by atoms with Crippen molar-refractivity contribution in [1.82, 2.24) is 15.3 Å². The summed E-state index contributed by atoms with van der Waals surface area (Å²) < 4.78 is 17.3. The van der Waals surface area contributed by atoms with Crippen LogP contribution in [0.25, 0.3) is 10.6 Å². The lowest BCUT2D eigenvalue weighted by Crippen LogP contribution is -2.39. The fourth-order valence-corrected chi connectivity index (χ4v) is 4.49. The molecule has 0 radical (unpaired) electrons. The largest absolute Gasteiger partial charge is 0.441 e. The molecule has 2 aliphatic rings. The van der Waals surface area contributed by atoms with Crippen LogP contribution in [0.5, 0.6) is 0 Å². The van der Waals surface area contributed by atoms with E-state index in [1.165, 1.54) is 0 Å². The highest BCUT2D eigenvalue weighted by molar-refractivity contribution is 7.13. The zero-order chi connectivity index (χ0) is 21.0. The highest BCUT2D eigenvalue weighted by atomic mass is 32.1. The Hall–Kier alpha value is -3.01. The van der Waals surface area contributed by atoms with E-state index in [2.05, 4.69) is 20.6 Å². The maximum atomic E-state index is 12.2. The van der Waals surface area contributed by atoms with E-state index in [-0.39, 0.29) is 18.2 Å². The molecule has 31 heavy (non-hydrogen) atoms. The smallest absolute Gasteiger partial charge is 0.407 e. The molecule has 0 bridgehead atoms. The Morgan fingerprint density at radius 2 is 1.97 bits per heavy atom.